The van der Waals surface area contributed by atoms with Crippen LogP contribution in [0.25, 0.3) is 0 Å². The molecular formula is C34H47N5O5. The molecule has 3 atom stereocenters. The van der Waals surface area contributed by atoms with Crippen molar-refractivity contribution in [2.45, 2.75) is 85.0 Å². The maximum atomic E-state index is 13.7. The molecule has 10 heteroatoms. The lowest BCUT2D eigenvalue weighted by Gasteiger charge is -2.25. The fourth-order valence-corrected chi connectivity index (χ4v) is 5.06. The summed E-state index contributed by atoms with van der Waals surface area (Å²) in [5.41, 5.74) is 2.10. The quantitative estimate of drug-likeness (QED) is 0.389. The van der Waals surface area contributed by atoms with Gasteiger partial charge >= 0.3 is 0 Å². The van der Waals surface area contributed by atoms with Gasteiger partial charge in [0.05, 0.1) is 0 Å². The molecule has 44 heavy (non-hydrogen) atoms. The number of carbonyl (C=O) groups excluding carboxylic acids is 5. The molecule has 0 fully saturated rings. The number of hydrogen-bond acceptors (Lipinski definition) is 5. The molecule has 0 aliphatic carbocycles. The smallest absolute Gasteiger partial charge is 0.251 e. The molecular weight excluding hydrogens is 558 g/mol. The van der Waals surface area contributed by atoms with Crippen LogP contribution in [0.2, 0.25) is 0 Å². The number of carbonyl (C=O) groups is 5. The predicted molar refractivity (Wildman–Crippen MR) is 169 cm³/mol. The summed E-state index contributed by atoms with van der Waals surface area (Å²) in [6.07, 6.45) is 1.91. The minimum atomic E-state index is -0.957. The molecule has 238 valence electrons. The lowest BCUT2D eigenvalue weighted by Crippen LogP contribution is -2.57. The van der Waals surface area contributed by atoms with E-state index >= 15 is 0 Å². The zero-order chi connectivity index (χ0) is 32.2. The van der Waals surface area contributed by atoms with Gasteiger partial charge in [-0.2, -0.15) is 0 Å². The molecule has 2 aliphatic rings. The average molecular weight is 606 g/mol. The highest BCUT2D eigenvalue weighted by atomic mass is 16.2. The topological polar surface area (TPSA) is 137 Å². The summed E-state index contributed by atoms with van der Waals surface area (Å²) >= 11 is 0. The summed E-state index contributed by atoms with van der Waals surface area (Å²) in [7, 11) is 0. The Kier molecular flexibility index (Phi) is 12.9. The maximum absolute atomic E-state index is 13.7. The molecule has 0 radical (unpaired) electrons. The third-order valence-corrected chi connectivity index (χ3v) is 7.55. The Morgan fingerprint density at radius 3 is 2.11 bits per heavy atom. The van der Waals surface area contributed by atoms with Crippen molar-refractivity contribution in [3.8, 4) is 0 Å². The van der Waals surface area contributed by atoms with Gasteiger partial charge in [0.15, 0.2) is 0 Å². The second-order valence-corrected chi connectivity index (χ2v) is 12.2. The van der Waals surface area contributed by atoms with Crippen LogP contribution in [0.15, 0.2) is 54.6 Å². The Morgan fingerprint density at radius 1 is 0.818 bits per heavy atom. The number of amides is 5. The van der Waals surface area contributed by atoms with Crippen molar-refractivity contribution in [1.82, 2.24) is 26.2 Å². The van der Waals surface area contributed by atoms with Gasteiger partial charge in [0.1, 0.15) is 18.1 Å². The summed E-state index contributed by atoms with van der Waals surface area (Å²) in [6.45, 7) is 10.5. The van der Waals surface area contributed by atoms with Gasteiger partial charge in [0.2, 0.25) is 23.6 Å². The number of benzene rings is 2. The molecule has 0 spiro atoms. The molecule has 0 aromatic heterocycles. The molecule has 2 aromatic rings. The summed E-state index contributed by atoms with van der Waals surface area (Å²) in [5.74, 6) is -1.80. The third-order valence-electron chi connectivity index (χ3n) is 7.55. The highest BCUT2D eigenvalue weighted by molar-refractivity contribution is 5.99. The molecule has 5 amide bonds. The molecule has 2 bridgehead atoms. The molecule has 0 saturated heterocycles. The molecule has 2 aliphatic heterocycles. The van der Waals surface area contributed by atoms with Crippen LogP contribution >= 0.6 is 0 Å². The van der Waals surface area contributed by atoms with Crippen LogP contribution in [0.4, 0.5) is 0 Å². The minimum Gasteiger partial charge on any atom is -0.354 e. The molecule has 10 nitrogen and oxygen atoms in total. The first-order valence-corrected chi connectivity index (χ1v) is 15.6. The number of nitrogens with zero attached hydrogens (tertiary/aromatic N) is 1. The van der Waals surface area contributed by atoms with E-state index in [2.05, 4.69) is 21.3 Å². The van der Waals surface area contributed by atoms with Crippen molar-refractivity contribution >= 4 is 29.5 Å². The Bertz CT molecular complexity index is 1280. The van der Waals surface area contributed by atoms with Gasteiger partial charge < -0.3 is 26.2 Å². The number of nitrogens with one attached hydrogen (secondary N) is 4. The summed E-state index contributed by atoms with van der Waals surface area (Å²) in [4.78, 5) is 67.8. The van der Waals surface area contributed by atoms with E-state index in [0.717, 1.165) is 11.1 Å². The van der Waals surface area contributed by atoms with E-state index in [1.165, 1.54) is 0 Å². The van der Waals surface area contributed by atoms with E-state index in [-0.39, 0.29) is 30.1 Å². The number of rotatable bonds is 5. The van der Waals surface area contributed by atoms with Gasteiger partial charge in [-0.25, -0.2) is 0 Å². The normalized spacial score (nSPS) is 21.2. The van der Waals surface area contributed by atoms with E-state index in [9.17, 15) is 24.0 Å². The zero-order valence-corrected chi connectivity index (χ0v) is 26.5. The van der Waals surface area contributed by atoms with Crippen LogP contribution in [0.3, 0.4) is 0 Å². The second-order valence-electron chi connectivity index (χ2n) is 12.2. The molecule has 2 aromatic carbocycles. The van der Waals surface area contributed by atoms with Crippen molar-refractivity contribution in [2.24, 2.45) is 11.8 Å². The Hall–Kier alpha value is -4.21. The van der Waals surface area contributed by atoms with Crippen molar-refractivity contribution in [3.05, 3.63) is 71.3 Å². The maximum Gasteiger partial charge on any atom is 0.251 e. The Balaban J connectivity index is 1.92. The van der Waals surface area contributed by atoms with E-state index in [1.807, 2.05) is 70.2 Å². The van der Waals surface area contributed by atoms with Gasteiger partial charge in [-0.05, 0) is 55.4 Å². The lowest BCUT2D eigenvalue weighted by molar-refractivity contribution is -0.135. The van der Waals surface area contributed by atoms with Crippen molar-refractivity contribution in [2.75, 3.05) is 13.1 Å². The van der Waals surface area contributed by atoms with Gasteiger partial charge in [-0.1, -0.05) is 70.2 Å². The highest BCUT2D eigenvalue weighted by Crippen LogP contribution is 2.14. The minimum absolute atomic E-state index is 0.0244. The highest BCUT2D eigenvalue weighted by Gasteiger charge is 2.29. The SMILES string of the molecule is CC(C)C[C@@H]1NC(=O)[C@@H](Cc2ccccc2)NC(=O)c2ccc(cc2)CN(C(=O)C(C)C)CCCCNC(=O)[C@@H](C)NC1=O. The van der Waals surface area contributed by atoms with Crippen molar-refractivity contribution in [3.63, 3.8) is 0 Å². The first-order valence-electron chi connectivity index (χ1n) is 15.6. The zero-order valence-electron chi connectivity index (χ0n) is 26.5. The number of fused-ring (bicyclic) bond motifs is 18. The van der Waals surface area contributed by atoms with Crippen LogP contribution in [0.1, 0.15) is 75.4 Å². The fourth-order valence-electron chi connectivity index (χ4n) is 5.06. The summed E-state index contributed by atoms with van der Waals surface area (Å²) < 4.78 is 0. The van der Waals surface area contributed by atoms with Crippen LogP contribution in [0.5, 0.6) is 0 Å². The monoisotopic (exact) mass is 605 g/mol. The number of hydrogen-bond donors (Lipinski definition) is 4. The molecule has 4 rings (SSSR count). The standard InChI is InChI=1S/C34H47N5O5/c1-22(2)19-28-32(42)36-24(5)30(40)35-17-9-10-18-39(34(44)23(3)4)21-26-13-15-27(16-14-26)31(41)37-29(33(43)38-28)20-25-11-7-6-8-12-25/h6-8,11-16,22-24,28-29H,9-10,17-21H2,1-5H3,(H,35,40)(H,36,42)(H,37,41)(H,38,43)/t24-,28+,29-/m1/s1. The Morgan fingerprint density at radius 2 is 1.48 bits per heavy atom. The van der Waals surface area contributed by atoms with Crippen LogP contribution in [-0.2, 0) is 32.1 Å². The summed E-state index contributed by atoms with van der Waals surface area (Å²) in [6, 6.07) is 13.7. The molecule has 2 heterocycles. The first-order chi connectivity index (χ1) is 20.9. The van der Waals surface area contributed by atoms with Crippen molar-refractivity contribution < 1.29 is 24.0 Å². The van der Waals surface area contributed by atoms with E-state index < -0.39 is 35.8 Å². The van der Waals surface area contributed by atoms with Gasteiger partial charge in [-0.15, -0.1) is 0 Å². The molecule has 0 saturated carbocycles. The Labute approximate surface area is 260 Å². The fraction of sp³-hybridized carbons (Fsp3) is 0.500. The largest absolute Gasteiger partial charge is 0.354 e. The summed E-state index contributed by atoms with van der Waals surface area (Å²) in [5, 5.41) is 11.3. The van der Waals surface area contributed by atoms with E-state index in [4.69, 9.17) is 0 Å². The lowest BCUT2D eigenvalue weighted by atomic mass is 10.0. The third kappa shape index (κ3) is 10.5. The second kappa shape index (κ2) is 16.6. The molecule has 4 N–H and O–H groups in total. The average Bonchev–Trinajstić information content (AvgIpc) is 2.99. The predicted octanol–water partition coefficient (Wildman–Crippen LogP) is 2.96. The molecule has 0 unspecified atom stereocenters. The van der Waals surface area contributed by atoms with E-state index in [1.54, 1.807) is 24.0 Å². The van der Waals surface area contributed by atoms with Gasteiger partial charge in [-0.3, -0.25) is 24.0 Å². The van der Waals surface area contributed by atoms with Gasteiger partial charge in [0.25, 0.3) is 5.91 Å². The van der Waals surface area contributed by atoms with Gasteiger partial charge in [0, 0.05) is 37.5 Å². The van der Waals surface area contributed by atoms with Crippen LogP contribution in [-0.4, -0.2) is 65.7 Å². The van der Waals surface area contributed by atoms with Crippen LogP contribution in [0, 0.1) is 11.8 Å². The van der Waals surface area contributed by atoms with E-state index in [0.29, 0.717) is 44.5 Å². The van der Waals surface area contributed by atoms with Crippen molar-refractivity contribution in [1.29, 1.82) is 0 Å². The first kappa shape index (κ1) is 34.3. The van der Waals surface area contributed by atoms with Crippen LogP contribution < -0.4 is 21.3 Å².